The van der Waals surface area contributed by atoms with E-state index in [1.165, 1.54) is 32.0 Å². The Kier molecular flexibility index (Phi) is 3.55. The molecule has 0 spiro atoms. The van der Waals surface area contributed by atoms with Gasteiger partial charge in [-0.1, -0.05) is 26.7 Å². The van der Waals surface area contributed by atoms with Gasteiger partial charge in [-0.25, -0.2) is 0 Å². The first-order chi connectivity index (χ1) is 10.9. The van der Waals surface area contributed by atoms with E-state index in [4.69, 9.17) is 0 Å². The van der Waals surface area contributed by atoms with E-state index in [9.17, 15) is 9.90 Å². The lowest BCUT2D eigenvalue weighted by Gasteiger charge is -2.61. The molecule has 130 valence electrons. The average molecular weight is 319 g/mol. The molecule has 0 heterocycles. The molecule has 0 bridgehead atoms. The fourth-order valence-corrected chi connectivity index (χ4v) is 7.88. The van der Waals surface area contributed by atoms with Crippen molar-refractivity contribution in [1.29, 1.82) is 0 Å². The second-order valence-electron chi connectivity index (χ2n) is 9.94. The first-order valence-corrected chi connectivity index (χ1v) is 10.0. The van der Waals surface area contributed by atoms with Crippen LogP contribution in [0.4, 0.5) is 0 Å². The van der Waals surface area contributed by atoms with Crippen molar-refractivity contribution in [2.75, 3.05) is 0 Å². The second-order valence-corrected chi connectivity index (χ2v) is 9.94. The predicted molar refractivity (Wildman–Crippen MR) is 91.9 cm³/mol. The summed E-state index contributed by atoms with van der Waals surface area (Å²) in [6.07, 6.45) is 12.0. The fourth-order valence-electron chi connectivity index (χ4n) is 7.88. The van der Waals surface area contributed by atoms with Crippen molar-refractivity contribution in [2.45, 2.75) is 84.2 Å². The molecule has 0 radical (unpaired) electrons. The highest BCUT2D eigenvalue weighted by molar-refractivity contribution is 5.61. The van der Waals surface area contributed by atoms with Crippen LogP contribution < -0.4 is 0 Å². The van der Waals surface area contributed by atoms with Gasteiger partial charge in [-0.05, 0) is 86.9 Å². The van der Waals surface area contributed by atoms with Gasteiger partial charge in [0.15, 0.2) is 0 Å². The maximum atomic E-state index is 12.4. The van der Waals surface area contributed by atoms with Crippen LogP contribution in [0.25, 0.3) is 0 Å². The molecule has 2 nitrogen and oxygen atoms in total. The van der Waals surface area contributed by atoms with E-state index in [1.54, 1.807) is 0 Å². The summed E-state index contributed by atoms with van der Waals surface area (Å²) in [7, 11) is 0. The fraction of sp³-hybridized carbons (Fsp3) is 0.952. The molecule has 8 atom stereocenters. The van der Waals surface area contributed by atoms with Crippen molar-refractivity contribution in [3.8, 4) is 0 Å². The van der Waals surface area contributed by atoms with Gasteiger partial charge < -0.3 is 9.90 Å². The summed E-state index contributed by atoms with van der Waals surface area (Å²) >= 11 is 0. The summed E-state index contributed by atoms with van der Waals surface area (Å²) in [6.45, 7) is 6.81. The Labute approximate surface area is 141 Å². The van der Waals surface area contributed by atoms with E-state index in [0.717, 1.165) is 32.1 Å². The second kappa shape index (κ2) is 5.07. The Balaban J connectivity index is 1.73. The van der Waals surface area contributed by atoms with E-state index in [0.29, 0.717) is 29.6 Å². The summed E-state index contributed by atoms with van der Waals surface area (Å²) in [5.74, 6) is 3.18. The number of fused-ring (bicyclic) bond motifs is 5. The van der Waals surface area contributed by atoms with Crippen molar-refractivity contribution < 1.29 is 9.90 Å². The third-order valence-electron chi connectivity index (χ3n) is 9.31. The van der Waals surface area contributed by atoms with Crippen molar-refractivity contribution in [2.24, 2.45) is 40.4 Å². The molecule has 4 fully saturated rings. The van der Waals surface area contributed by atoms with Crippen LogP contribution in [0.15, 0.2) is 0 Å². The minimum absolute atomic E-state index is 0.0314. The minimum Gasteiger partial charge on any atom is -0.390 e. The number of hydrogen-bond acceptors (Lipinski definition) is 2. The highest BCUT2D eigenvalue weighted by Gasteiger charge is 2.64. The maximum absolute atomic E-state index is 12.4. The van der Waals surface area contributed by atoms with Gasteiger partial charge in [-0.3, -0.25) is 0 Å². The third kappa shape index (κ3) is 1.94. The highest BCUT2D eigenvalue weighted by atomic mass is 16.3. The Morgan fingerprint density at radius 1 is 0.957 bits per heavy atom. The lowest BCUT2D eigenvalue weighted by Crippen LogP contribution is -2.58. The smallest absolute Gasteiger partial charge is 0.126 e. The molecule has 1 N–H and O–H groups in total. The van der Waals surface area contributed by atoms with Gasteiger partial charge in [0.2, 0.25) is 0 Å². The molecule has 0 aromatic carbocycles. The molecule has 4 aliphatic rings. The summed E-state index contributed by atoms with van der Waals surface area (Å²) in [5, 5.41) is 11.0. The zero-order chi connectivity index (χ0) is 16.5. The average Bonchev–Trinajstić information content (AvgIpc) is 2.78. The molecule has 4 aliphatic carbocycles. The Hall–Kier alpha value is -0.370. The van der Waals surface area contributed by atoms with E-state index >= 15 is 0 Å². The van der Waals surface area contributed by atoms with Crippen molar-refractivity contribution in [1.82, 2.24) is 0 Å². The SMILES string of the molecule is CC1C[C@@H]2[C@@H](CC[C@@]3(C)[C@H]2CCC3(C)O)[C@@]2(C=O)CCCCC12. The zero-order valence-electron chi connectivity index (χ0n) is 15.2. The van der Waals surface area contributed by atoms with Crippen LogP contribution in [0, 0.1) is 40.4 Å². The monoisotopic (exact) mass is 318 g/mol. The largest absolute Gasteiger partial charge is 0.390 e. The number of hydrogen-bond donors (Lipinski definition) is 1. The van der Waals surface area contributed by atoms with Gasteiger partial charge in [0.25, 0.3) is 0 Å². The van der Waals surface area contributed by atoms with Gasteiger partial charge >= 0.3 is 0 Å². The first-order valence-electron chi connectivity index (χ1n) is 10.0. The van der Waals surface area contributed by atoms with Gasteiger partial charge in [-0.2, -0.15) is 0 Å². The van der Waals surface area contributed by atoms with Gasteiger partial charge in [-0.15, -0.1) is 0 Å². The molecule has 0 amide bonds. The van der Waals surface area contributed by atoms with Gasteiger partial charge in [0.05, 0.1) is 5.60 Å². The van der Waals surface area contributed by atoms with Crippen molar-refractivity contribution in [3.05, 3.63) is 0 Å². The third-order valence-corrected chi connectivity index (χ3v) is 9.31. The number of aliphatic hydroxyl groups is 1. The molecular formula is C21H34O2. The molecule has 4 saturated carbocycles. The van der Waals surface area contributed by atoms with E-state index < -0.39 is 5.60 Å². The van der Waals surface area contributed by atoms with E-state index in [2.05, 4.69) is 20.8 Å². The van der Waals surface area contributed by atoms with E-state index in [1.807, 2.05) is 0 Å². The first kappa shape index (κ1) is 16.1. The Morgan fingerprint density at radius 2 is 1.70 bits per heavy atom. The number of carbonyl (C=O) groups excluding carboxylic acids is 1. The maximum Gasteiger partial charge on any atom is 0.126 e. The van der Waals surface area contributed by atoms with Crippen LogP contribution >= 0.6 is 0 Å². The molecule has 0 aromatic rings. The summed E-state index contributed by atoms with van der Waals surface area (Å²) in [5.41, 5.74) is -0.473. The van der Waals surface area contributed by atoms with Crippen LogP contribution in [-0.4, -0.2) is 17.0 Å². The van der Waals surface area contributed by atoms with Gasteiger partial charge in [0.1, 0.15) is 6.29 Å². The molecule has 0 aromatic heterocycles. The molecule has 3 unspecified atom stereocenters. The quantitative estimate of drug-likeness (QED) is 0.718. The molecule has 4 rings (SSSR count). The zero-order valence-corrected chi connectivity index (χ0v) is 15.2. The molecule has 2 heteroatoms. The molecular weight excluding hydrogens is 284 g/mol. The normalized spacial score (nSPS) is 58.9. The summed E-state index contributed by atoms with van der Waals surface area (Å²) in [4.78, 5) is 12.4. The van der Waals surface area contributed by atoms with Crippen LogP contribution in [0.5, 0.6) is 0 Å². The lowest BCUT2D eigenvalue weighted by molar-refractivity contribution is -0.167. The summed E-state index contributed by atoms with van der Waals surface area (Å²) < 4.78 is 0. The molecule has 0 aliphatic heterocycles. The van der Waals surface area contributed by atoms with E-state index in [-0.39, 0.29) is 10.8 Å². The van der Waals surface area contributed by atoms with Crippen LogP contribution in [0.2, 0.25) is 0 Å². The topological polar surface area (TPSA) is 37.3 Å². The minimum atomic E-state index is -0.510. The molecule has 0 saturated heterocycles. The standard InChI is InChI=1S/C21H34O2/c1-14-12-15-17-8-11-20(3,23)19(17,2)10-7-18(15)21(13-22)9-5-4-6-16(14)21/h13-18,23H,4-12H2,1-3H3/t14?,15-,16?,17-,18+,19-,20?,21+/m0/s1. The predicted octanol–water partition coefficient (Wildman–Crippen LogP) is 4.60. The van der Waals surface area contributed by atoms with Crippen LogP contribution in [-0.2, 0) is 4.79 Å². The lowest BCUT2D eigenvalue weighted by atomic mass is 9.42. The molecule has 23 heavy (non-hydrogen) atoms. The van der Waals surface area contributed by atoms with Crippen molar-refractivity contribution in [3.63, 3.8) is 0 Å². The van der Waals surface area contributed by atoms with Crippen LogP contribution in [0.3, 0.4) is 0 Å². The number of rotatable bonds is 1. The van der Waals surface area contributed by atoms with Crippen LogP contribution in [0.1, 0.15) is 78.6 Å². The Morgan fingerprint density at radius 3 is 2.43 bits per heavy atom. The van der Waals surface area contributed by atoms with Crippen molar-refractivity contribution >= 4 is 6.29 Å². The number of carbonyl (C=O) groups is 1. The Bertz CT molecular complexity index is 498. The number of aldehydes is 1. The van der Waals surface area contributed by atoms with Gasteiger partial charge in [0, 0.05) is 5.41 Å². The highest BCUT2D eigenvalue weighted by Crippen LogP contribution is 2.68. The summed E-state index contributed by atoms with van der Waals surface area (Å²) in [6, 6.07) is 0.